The molecule has 1 unspecified atom stereocenters. The van der Waals surface area contributed by atoms with Crippen molar-refractivity contribution in [3.8, 4) is 0 Å². The van der Waals surface area contributed by atoms with E-state index in [1.165, 1.54) is 18.4 Å². The standard InChI is InChI=1S/C9H16N2O3S2/c1-7(5-14-2)11-16(12,13)9-3-8(4-10)6-15-9/h3,6-7,11H,4-5,10H2,1-2H3. The van der Waals surface area contributed by atoms with Gasteiger partial charge < -0.3 is 10.5 Å². The van der Waals surface area contributed by atoms with Gasteiger partial charge in [0, 0.05) is 19.7 Å². The van der Waals surface area contributed by atoms with Crippen LogP contribution in [0.25, 0.3) is 0 Å². The molecule has 92 valence electrons. The number of methoxy groups -OCH3 is 1. The molecule has 1 aromatic heterocycles. The first-order valence-corrected chi connectivity index (χ1v) is 7.14. The molecule has 0 spiro atoms. The maximum Gasteiger partial charge on any atom is 0.250 e. The molecule has 5 nitrogen and oxygen atoms in total. The second kappa shape index (κ2) is 5.74. The molecule has 0 aliphatic heterocycles. The average Bonchev–Trinajstić information content (AvgIpc) is 2.65. The van der Waals surface area contributed by atoms with Crippen LogP contribution in [0, 0.1) is 0 Å². The van der Waals surface area contributed by atoms with Gasteiger partial charge in [0.25, 0.3) is 0 Å². The first-order valence-electron chi connectivity index (χ1n) is 4.78. The Balaban J connectivity index is 2.77. The number of ether oxygens (including phenoxy) is 1. The summed E-state index contributed by atoms with van der Waals surface area (Å²) in [5.41, 5.74) is 6.25. The van der Waals surface area contributed by atoms with Crippen molar-refractivity contribution < 1.29 is 13.2 Å². The van der Waals surface area contributed by atoms with Crippen molar-refractivity contribution in [2.24, 2.45) is 5.73 Å². The molecule has 0 bridgehead atoms. The molecule has 3 N–H and O–H groups in total. The maximum absolute atomic E-state index is 11.8. The van der Waals surface area contributed by atoms with Gasteiger partial charge in [-0.25, -0.2) is 13.1 Å². The van der Waals surface area contributed by atoms with Crippen molar-refractivity contribution in [1.82, 2.24) is 4.72 Å². The average molecular weight is 264 g/mol. The van der Waals surface area contributed by atoms with Gasteiger partial charge in [-0.3, -0.25) is 0 Å². The second-order valence-electron chi connectivity index (χ2n) is 3.46. The van der Waals surface area contributed by atoms with Crippen LogP contribution in [0.3, 0.4) is 0 Å². The number of hydrogen-bond acceptors (Lipinski definition) is 5. The molecule has 1 atom stereocenters. The maximum atomic E-state index is 11.8. The van der Waals surface area contributed by atoms with Gasteiger partial charge in [-0.05, 0) is 23.9 Å². The highest BCUT2D eigenvalue weighted by molar-refractivity contribution is 7.91. The van der Waals surface area contributed by atoms with Crippen molar-refractivity contribution >= 4 is 21.4 Å². The SMILES string of the molecule is COCC(C)NS(=O)(=O)c1cc(CN)cs1. The van der Waals surface area contributed by atoms with Crippen molar-refractivity contribution in [2.45, 2.75) is 23.7 Å². The molecule has 1 rings (SSSR count). The van der Waals surface area contributed by atoms with E-state index >= 15 is 0 Å². The summed E-state index contributed by atoms with van der Waals surface area (Å²) in [6.07, 6.45) is 0. The van der Waals surface area contributed by atoms with Crippen LogP contribution >= 0.6 is 11.3 Å². The molecule has 0 aromatic carbocycles. The third-order valence-corrected chi connectivity index (χ3v) is 4.98. The summed E-state index contributed by atoms with van der Waals surface area (Å²) >= 11 is 1.17. The van der Waals surface area contributed by atoms with Crippen molar-refractivity contribution in [1.29, 1.82) is 0 Å². The number of nitrogens with two attached hydrogens (primary N) is 1. The summed E-state index contributed by atoms with van der Waals surface area (Å²) in [5.74, 6) is 0. The Kier molecular flexibility index (Phi) is 4.88. The van der Waals surface area contributed by atoms with Crippen LogP contribution in [0.2, 0.25) is 0 Å². The van der Waals surface area contributed by atoms with Gasteiger partial charge in [0.05, 0.1) is 6.61 Å². The van der Waals surface area contributed by atoms with Gasteiger partial charge in [0.2, 0.25) is 10.0 Å². The Morgan fingerprint density at radius 1 is 1.62 bits per heavy atom. The fourth-order valence-corrected chi connectivity index (χ4v) is 3.68. The highest BCUT2D eigenvalue weighted by atomic mass is 32.2. The van der Waals surface area contributed by atoms with Crippen LogP contribution in [0.1, 0.15) is 12.5 Å². The third-order valence-electron chi connectivity index (χ3n) is 1.90. The molecule has 0 amide bonds. The summed E-state index contributed by atoms with van der Waals surface area (Å²) in [6, 6.07) is 1.34. The van der Waals surface area contributed by atoms with Crippen molar-refractivity contribution in [2.75, 3.05) is 13.7 Å². The highest BCUT2D eigenvalue weighted by Crippen LogP contribution is 2.19. The van der Waals surface area contributed by atoms with E-state index < -0.39 is 10.0 Å². The Bertz CT molecular complexity index is 428. The minimum atomic E-state index is -3.44. The van der Waals surface area contributed by atoms with Crippen molar-refractivity contribution in [3.63, 3.8) is 0 Å². The lowest BCUT2D eigenvalue weighted by molar-refractivity contribution is 0.180. The largest absolute Gasteiger partial charge is 0.383 e. The van der Waals surface area contributed by atoms with Gasteiger partial charge >= 0.3 is 0 Å². The van der Waals surface area contributed by atoms with E-state index in [2.05, 4.69) is 4.72 Å². The van der Waals surface area contributed by atoms with E-state index in [9.17, 15) is 8.42 Å². The molecule has 0 fully saturated rings. The second-order valence-corrected chi connectivity index (χ2v) is 6.31. The Morgan fingerprint density at radius 3 is 2.81 bits per heavy atom. The first-order chi connectivity index (χ1) is 7.49. The summed E-state index contributed by atoms with van der Waals surface area (Å²) in [5, 5.41) is 1.75. The van der Waals surface area contributed by atoms with E-state index in [0.717, 1.165) is 5.56 Å². The Labute approximate surface area is 99.7 Å². The van der Waals surface area contributed by atoms with Crippen LogP contribution < -0.4 is 10.5 Å². The van der Waals surface area contributed by atoms with Crippen LogP contribution in [0.5, 0.6) is 0 Å². The zero-order valence-electron chi connectivity index (χ0n) is 9.26. The molecule has 1 heterocycles. The van der Waals surface area contributed by atoms with Gasteiger partial charge in [-0.1, -0.05) is 0 Å². The fourth-order valence-electron chi connectivity index (χ4n) is 1.21. The molecule has 0 radical (unpaired) electrons. The fraction of sp³-hybridized carbons (Fsp3) is 0.556. The third kappa shape index (κ3) is 3.53. The molecule has 0 aliphatic rings. The monoisotopic (exact) mass is 264 g/mol. The summed E-state index contributed by atoms with van der Waals surface area (Å²) < 4.78 is 31.4. The lowest BCUT2D eigenvalue weighted by Crippen LogP contribution is -2.35. The first kappa shape index (κ1) is 13.6. The smallest absolute Gasteiger partial charge is 0.250 e. The van der Waals surface area contributed by atoms with E-state index in [-0.39, 0.29) is 10.3 Å². The number of rotatable bonds is 6. The van der Waals surface area contributed by atoms with E-state index in [1.54, 1.807) is 18.4 Å². The van der Waals surface area contributed by atoms with E-state index in [1.807, 2.05) is 0 Å². The Hall–Kier alpha value is -0.470. The minimum Gasteiger partial charge on any atom is -0.383 e. The summed E-state index contributed by atoms with van der Waals surface area (Å²) in [6.45, 7) is 2.44. The predicted octanol–water partition coefficient (Wildman–Crippen LogP) is 0.520. The van der Waals surface area contributed by atoms with Crippen LogP contribution in [-0.2, 0) is 21.3 Å². The number of hydrogen-bond donors (Lipinski definition) is 2. The zero-order valence-corrected chi connectivity index (χ0v) is 10.9. The van der Waals surface area contributed by atoms with Gasteiger partial charge in [0.1, 0.15) is 4.21 Å². The number of thiophene rings is 1. The molecule has 0 saturated carbocycles. The molecular formula is C9H16N2O3S2. The Morgan fingerprint density at radius 2 is 2.31 bits per heavy atom. The quantitative estimate of drug-likeness (QED) is 0.785. The molecule has 0 aliphatic carbocycles. The van der Waals surface area contributed by atoms with Crippen LogP contribution in [0.4, 0.5) is 0 Å². The van der Waals surface area contributed by atoms with Crippen LogP contribution in [-0.4, -0.2) is 28.2 Å². The molecule has 0 saturated heterocycles. The van der Waals surface area contributed by atoms with Gasteiger partial charge in [0.15, 0.2) is 0 Å². The molecule has 16 heavy (non-hydrogen) atoms. The van der Waals surface area contributed by atoms with Crippen molar-refractivity contribution in [3.05, 3.63) is 17.0 Å². The molecular weight excluding hydrogens is 248 g/mol. The predicted molar refractivity (Wildman–Crippen MR) is 63.9 cm³/mol. The van der Waals surface area contributed by atoms with Gasteiger partial charge in [-0.2, -0.15) is 0 Å². The molecule has 1 aromatic rings. The van der Waals surface area contributed by atoms with Crippen LogP contribution in [0.15, 0.2) is 15.7 Å². The number of nitrogens with one attached hydrogen (secondary N) is 1. The highest BCUT2D eigenvalue weighted by Gasteiger charge is 2.19. The summed E-state index contributed by atoms with van der Waals surface area (Å²) in [7, 11) is -1.91. The lowest BCUT2D eigenvalue weighted by Gasteiger charge is -2.11. The van der Waals surface area contributed by atoms with E-state index in [0.29, 0.717) is 13.2 Å². The minimum absolute atomic E-state index is 0.251. The topological polar surface area (TPSA) is 81.4 Å². The van der Waals surface area contributed by atoms with Gasteiger partial charge in [-0.15, -0.1) is 11.3 Å². The zero-order chi connectivity index (χ0) is 12.2. The lowest BCUT2D eigenvalue weighted by atomic mass is 10.4. The van der Waals surface area contributed by atoms with E-state index in [4.69, 9.17) is 10.5 Å². The normalized spacial score (nSPS) is 13.9. The number of sulfonamides is 1. The molecule has 7 heteroatoms. The summed E-state index contributed by atoms with van der Waals surface area (Å²) in [4.78, 5) is 0.